The number of alkyl halides is 9. The molecule has 0 bridgehead atoms. The maximum Gasteiger partial charge on any atom is 0.490 e. The summed E-state index contributed by atoms with van der Waals surface area (Å²) in [6, 6.07) is 4.33. The number of pyridine rings is 1. The lowest BCUT2D eigenvalue weighted by molar-refractivity contribution is -0.193. The number of carbonyl (C=O) groups is 3. The van der Waals surface area contributed by atoms with Crippen molar-refractivity contribution in [3.8, 4) is 5.75 Å². The Balaban J connectivity index is 0.000000396. The Bertz CT molecular complexity index is 1170. The fourth-order valence-corrected chi connectivity index (χ4v) is 3.76. The second-order valence-corrected chi connectivity index (χ2v) is 9.06. The molecular weight excluding hydrogens is 643 g/mol. The summed E-state index contributed by atoms with van der Waals surface area (Å²) in [5.41, 5.74) is 0. The highest BCUT2D eigenvalue weighted by Gasteiger charge is 2.41. The SMILES string of the molecule is Cn1ccnc1CN1CC[C@@H]2O[C@H](COc3cccnc3)CC[C@@H]21.O=C(O)C(F)(F)F.O=C(O)C(F)(F)F.O=C(O)C(F)(F)F. The summed E-state index contributed by atoms with van der Waals surface area (Å²) in [6.07, 6.45) is -4.08. The molecule has 0 amide bonds. The topological polar surface area (TPSA) is 164 Å². The molecule has 4 heterocycles. The van der Waals surface area contributed by atoms with Gasteiger partial charge in [0.05, 0.1) is 24.9 Å². The smallest absolute Gasteiger partial charge is 0.489 e. The lowest BCUT2D eigenvalue weighted by Crippen LogP contribution is -2.44. The molecule has 2 fully saturated rings. The van der Waals surface area contributed by atoms with E-state index in [4.69, 9.17) is 39.2 Å². The maximum absolute atomic E-state index is 10.6. The number of imidazole rings is 1. The van der Waals surface area contributed by atoms with Crippen molar-refractivity contribution in [2.45, 2.75) is 62.6 Å². The summed E-state index contributed by atoms with van der Waals surface area (Å²) in [5.74, 6) is -6.34. The van der Waals surface area contributed by atoms with E-state index in [1.807, 2.05) is 24.5 Å². The van der Waals surface area contributed by atoms with Gasteiger partial charge in [0.2, 0.25) is 0 Å². The Kier molecular flexibility index (Phi) is 14.5. The highest BCUT2D eigenvalue weighted by atomic mass is 19.4. The van der Waals surface area contributed by atoms with E-state index in [1.54, 1.807) is 12.4 Å². The van der Waals surface area contributed by atoms with Gasteiger partial charge in [0.25, 0.3) is 0 Å². The van der Waals surface area contributed by atoms with Gasteiger partial charge in [-0.3, -0.25) is 9.88 Å². The molecule has 0 spiro atoms. The van der Waals surface area contributed by atoms with Crippen molar-refractivity contribution >= 4 is 17.9 Å². The molecular formula is C24H27F9N4O8. The fourth-order valence-electron chi connectivity index (χ4n) is 3.76. The average Bonchev–Trinajstić information content (AvgIpc) is 3.53. The summed E-state index contributed by atoms with van der Waals surface area (Å²) in [4.78, 5) is 37.7. The number of likely N-dealkylation sites (tertiary alicyclic amines) is 1. The van der Waals surface area contributed by atoms with Crippen molar-refractivity contribution in [3.05, 3.63) is 42.7 Å². The average molecular weight is 670 g/mol. The van der Waals surface area contributed by atoms with E-state index in [2.05, 4.69) is 26.5 Å². The zero-order chi connectivity index (χ0) is 34.6. The number of rotatable bonds is 5. The number of ether oxygens (including phenoxy) is 2. The number of carboxylic acid groups (broad SMARTS) is 3. The summed E-state index contributed by atoms with van der Waals surface area (Å²) in [6.45, 7) is 2.59. The van der Waals surface area contributed by atoms with E-state index < -0.39 is 36.4 Å². The zero-order valence-corrected chi connectivity index (χ0v) is 23.0. The molecule has 3 atom stereocenters. The minimum absolute atomic E-state index is 0.180. The first-order chi connectivity index (χ1) is 20.6. The van der Waals surface area contributed by atoms with Gasteiger partial charge in [0, 0.05) is 38.2 Å². The van der Waals surface area contributed by atoms with Crippen LogP contribution in [0.15, 0.2) is 36.9 Å². The fraction of sp³-hybridized carbons (Fsp3) is 0.542. The van der Waals surface area contributed by atoms with Crippen molar-refractivity contribution in [2.24, 2.45) is 7.05 Å². The van der Waals surface area contributed by atoms with Gasteiger partial charge in [-0.15, -0.1) is 0 Å². The third kappa shape index (κ3) is 14.5. The standard InChI is InChI=1S/C18H24N4O2.3C2HF3O2/c1-21-10-8-20-18(21)12-22-9-6-17-16(22)5-4-15(24-17)13-23-14-3-2-7-19-11-14;3*3-2(4,5)1(6)7/h2-3,7-8,10-11,15-17H,4-6,9,12-13H2,1H3;3*(H,6,7)/t15-,16-,17-;;;/m0.../s1. The van der Waals surface area contributed by atoms with Crippen LogP contribution in [-0.2, 0) is 32.7 Å². The van der Waals surface area contributed by atoms with E-state index in [-0.39, 0.29) is 6.10 Å². The first kappa shape index (κ1) is 38.9. The number of nitrogens with zero attached hydrogens (tertiary/aromatic N) is 4. The summed E-state index contributed by atoms with van der Waals surface area (Å²) >= 11 is 0. The van der Waals surface area contributed by atoms with E-state index in [0.717, 1.165) is 43.9 Å². The number of fused-ring (bicyclic) bond motifs is 1. The number of hydrogen-bond acceptors (Lipinski definition) is 8. The van der Waals surface area contributed by atoms with E-state index >= 15 is 0 Å². The molecule has 3 N–H and O–H groups in total. The van der Waals surface area contributed by atoms with Crippen LogP contribution in [0.25, 0.3) is 0 Å². The Morgan fingerprint density at radius 2 is 1.44 bits per heavy atom. The Morgan fingerprint density at radius 3 is 1.87 bits per heavy atom. The van der Waals surface area contributed by atoms with Crippen LogP contribution in [0.3, 0.4) is 0 Å². The monoisotopic (exact) mass is 670 g/mol. The molecule has 2 saturated heterocycles. The molecule has 2 aliphatic heterocycles. The first-order valence-corrected chi connectivity index (χ1v) is 12.4. The normalized spacial score (nSPS) is 19.7. The highest BCUT2D eigenvalue weighted by molar-refractivity contribution is 5.73. The molecule has 2 aliphatic rings. The summed E-state index contributed by atoms with van der Waals surface area (Å²) < 4.78 is 109. The quantitative estimate of drug-likeness (QED) is 0.395. The van der Waals surface area contributed by atoms with Gasteiger partial charge in [-0.2, -0.15) is 39.5 Å². The van der Waals surface area contributed by atoms with Crippen LogP contribution < -0.4 is 4.74 Å². The summed E-state index contributed by atoms with van der Waals surface area (Å²) in [5, 5.41) is 21.4. The van der Waals surface area contributed by atoms with Gasteiger partial charge >= 0.3 is 36.4 Å². The van der Waals surface area contributed by atoms with Crippen LogP contribution in [0, 0.1) is 0 Å². The minimum Gasteiger partial charge on any atom is -0.489 e. The van der Waals surface area contributed by atoms with Gasteiger partial charge in [0.1, 0.15) is 18.2 Å². The lowest BCUT2D eigenvalue weighted by atomic mass is 9.99. The van der Waals surface area contributed by atoms with E-state index in [1.165, 1.54) is 0 Å². The lowest BCUT2D eigenvalue weighted by Gasteiger charge is -2.35. The summed E-state index contributed by atoms with van der Waals surface area (Å²) in [7, 11) is 2.05. The van der Waals surface area contributed by atoms with E-state index in [9.17, 15) is 39.5 Å². The number of carboxylic acids is 3. The van der Waals surface area contributed by atoms with Crippen LogP contribution in [-0.4, -0.2) is 103 Å². The van der Waals surface area contributed by atoms with Crippen molar-refractivity contribution in [3.63, 3.8) is 0 Å². The zero-order valence-electron chi connectivity index (χ0n) is 23.0. The van der Waals surface area contributed by atoms with Gasteiger partial charge in [-0.05, 0) is 31.4 Å². The Labute approximate surface area is 248 Å². The maximum atomic E-state index is 10.6. The third-order valence-electron chi connectivity index (χ3n) is 5.81. The van der Waals surface area contributed by atoms with Crippen LogP contribution in [0.4, 0.5) is 39.5 Å². The minimum atomic E-state index is -5.08. The third-order valence-corrected chi connectivity index (χ3v) is 5.81. The first-order valence-electron chi connectivity index (χ1n) is 12.4. The predicted molar refractivity (Wildman–Crippen MR) is 131 cm³/mol. The largest absolute Gasteiger partial charge is 0.490 e. The van der Waals surface area contributed by atoms with Gasteiger partial charge in [0.15, 0.2) is 0 Å². The van der Waals surface area contributed by atoms with Gasteiger partial charge in [-0.25, -0.2) is 19.4 Å². The van der Waals surface area contributed by atoms with Crippen molar-refractivity contribution < 1.29 is 78.7 Å². The van der Waals surface area contributed by atoms with Crippen LogP contribution in [0.1, 0.15) is 25.1 Å². The van der Waals surface area contributed by atoms with Crippen molar-refractivity contribution in [1.29, 1.82) is 0 Å². The number of aromatic nitrogens is 3. The number of aliphatic carboxylic acids is 3. The Hall–Kier alpha value is -4.14. The van der Waals surface area contributed by atoms with Gasteiger partial charge in [-0.1, -0.05) is 0 Å². The molecule has 2 aromatic rings. The van der Waals surface area contributed by atoms with Crippen LogP contribution >= 0.6 is 0 Å². The van der Waals surface area contributed by atoms with Crippen molar-refractivity contribution in [1.82, 2.24) is 19.4 Å². The number of halogens is 9. The molecule has 45 heavy (non-hydrogen) atoms. The molecule has 0 unspecified atom stereocenters. The predicted octanol–water partition coefficient (Wildman–Crippen LogP) is 3.92. The molecule has 2 aromatic heterocycles. The van der Waals surface area contributed by atoms with E-state index in [0.29, 0.717) is 18.8 Å². The second kappa shape index (κ2) is 16.8. The molecule has 4 rings (SSSR count). The number of hydrogen-bond donors (Lipinski definition) is 3. The molecule has 254 valence electrons. The molecule has 0 aliphatic carbocycles. The van der Waals surface area contributed by atoms with Crippen LogP contribution in [0.5, 0.6) is 5.75 Å². The number of aryl methyl sites for hydroxylation is 1. The highest BCUT2D eigenvalue weighted by Crippen LogP contribution is 2.32. The molecule has 0 aromatic carbocycles. The van der Waals surface area contributed by atoms with Crippen LogP contribution in [0.2, 0.25) is 0 Å². The Morgan fingerprint density at radius 1 is 0.911 bits per heavy atom. The van der Waals surface area contributed by atoms with Crippen molar-refractivity contribution in [2.75, 3.05) is 13.2 Å². The molecule has 21 heteroatoms. The molecule has 12 nitrogen and oxygen atoms in total. The molecule has 0 radical (unpaired) electrons. The molecule has 0 saturated carbocycles. The second-order valence-electron chi connectivity index (χ2n) is 9.06. The van der Waals surface area contributed by atoms with Gasteiger partial charge < -0.3 is 29.4 Å².